The standard InChI is InChI=1S/C12H22N2O2S/c1-8(11(13)17)12(15)14(6-7-16-3)9(2)10-4-5-10/h8-10H,4-7H2,1-3H3,(H2,13,17). The number of nitrogens with zero attached hydrogens (tertiary/aromatic N) is 1. The molecule has 98 valence electrons. The van der Waals surface area contributed by atoms with Gasteiger partial charge in [-0.25, -0.2) is 0 Å². The molecule has 0 aromatic carbocycles. The van der Waals surface area contributed by atoms with Gasteiger partial charge >= 0.3 is 0 Å². The number of methoxy groups -OCH3 is 1. The van der Waals surface area contributed by atoms with E-state index in [0.29, 0.717) is 19.1 Å². The Labute approximate surface area is 108 Å². The Balaban J connectivity index is 2.66. The summed E-state index contributed by atoms with van der Waals surface area (Å²) in [6.07, 6.45) is 2.42. The molecule has 0 aromatic rings. The first-order chi connectivity index (χ1) is 7.99. The Kier molecular flexibility index (Phi) is 5.33. The minimum Gasteiger partial charge on any atom is -0.393 e. The zero-order chi connectivity index (χ0) is 13.0. The van der Waals surface area contributed by atoms with Crippen LogP contribution in [0, 0.1) is 11.8 Å². The maximum atomic E-state index is 12.3. The Hall–Kier alpha value is -0.680. The summed E-state index contributed by atoms with van der Waals surface area (Å²) in [5, 5.41) is 0. The van der Waals surface area contributed by atoms with E-state index in [1.165, 1.54) is 12.8 Å². The third-order valence-electron chi connectivity index (χ3n) is 3.41. The third kappa shape index (κ3) is 3.92. The summed E-state index contributed by atoms with van der Waals surface area (Å²) in [6, 6.07) is 0.259. The highest BCUT2D eigenvalue weighted by Gasteiger charge is 2.35. The van der Waals surface area contributed by atoms with E-state index in [9.17, 15) is 4.79 Å². The van der Waals surface area contributed by atoms with Crippen LogP contribution in [0.2, 0.25) is 0 Å². The van der Waals surface area contributed by atoms with Gasteiger partial charge < -0.3 is 15.4 Å². The van der Waals surface area contributed by atoms with Crippen molar-refractivity contribution in [2.75, 3.05) is 20.3 Å². The van der Waals surface area contributed by atoms with Crippen LogP contribution in [-0.2, 0) is 9.53 Å². The molecule has 0 spiro atoms. The predicted molar refractivity (Wildman–Crippen MR) is 71.7 cm³/mol. The van der Waals surface area contributed by atoms with Crippen LogP contribution in [0.15, 0.2) is 0 Å². The van der Waals surface area contributed by atoms with Crippen LogP contribution in [0.5, 0.6) is 0 Å². The van der Waals surface area contributed by atoms with Gasteiger partial charge in [0.25, 0.3) is 0 Å². The summed E-state index contributed by atoms with van der Waals surface area (Å²) in [5.74, 6) is 0.270. The summed E-state index contributed by atoms with van der Waals surface area (Å²) < 4.78 is 5.06. The molecule has 4 nitrogen and oxygen atoms in total. The molecular weight excluding hydrogens is 236 g/mol. The average Bonchev–Trinajstić information content (AvgIpc) is 3.11. The number of ether oxygens (including phenoxy) is 1. The lowest BCUT2D eigenvalue weighted by molar-refractivity contribution is -0.136. The van der Waals surface area contributed by atoms with Gasteiger partial charge in [0.15, 0.2) is 0 Å². The molecule has 5 heteroatoms. The van der Waals surface area contributed by atoms with Gasteiger partial charge in [0.1, 0.15) is 0 Å². The summed E-state index contributed by atoms with van der Waals surface area (Å²) in [6.45, 7) is 5.02. The fourth-order valence-electron chi connectivity index (χ4n) is 1.91. The average molecular weight is 258 g/mol. The molecule has 0 aliphatic heterocycles. The fourth-order valence-corrected chi connectivity index (χ4v) is 2.01. The van der Waals surface area contributed by atoms with E-state index < -0.39 is 0 Å². The number of carbonyl (C=O) groups excluding carboxylic acids is 1. The molecule has 1 amide bonds. The highest BCUT2D eigenvalue weighted by atomic mass is 32.1. The molecule has 0 heterocycles. The lowest BCUT2D eigenvalue weighted by Gasteiger charge is -2.31. The van der Waals surface area contributed by atoms with Crippen molar-refractivity contribution in [1.82, 2.24) is 4.90 Å². The monoisotopic (exact) mass is 258 g/mol. The first-order valence-electron chi connectivity index (χ1n) is 6.07. The normalized spacial score (nSPS) is 18.5. The molecule has 0 aromatic heterocycles. The summed E-state index contributed by atoms with van der Waals surface area (Å²) in [4.78, 5) is 14.4. The second-order valence-electron chi connectivity index (χ2n) is 4.73. The van der Waals surface area contributed by atoms with Gasteiger partial charge in [-0.3, -0.25) is 4.79 Å². The number of hydrogen-bond acceptors (Lipinski definition) is 3. The Morgan fingerprint density at radius 2 is 2.12 bits per heavy atom. The van der Waals surface area contributed by atoms with E-state index in [1.54, 1.807) is 14.0 Å². The SMILES string of the molecule is COCCN(C(=O)C(C)C(N)=S)C(C)C1CC1. The van der Waals surface area contributed by atoms with Crippen molar-refractivity contribution in [3.05, 3.63) is 0 Å². The maximum absolute atomic E-state index is 12.3. The van der Waals surface area contributed by atoms with E-state index >= 15 is 0 Å². The van der Waals surface area contributed by atoms with Crippen molar-refractivity contribution in [2.24, 2.45) is 17.6 Å². The van der Waals surface area contributed by atoms with Gasteiger partial charge in [0, 0.05) is 19.7 Å². The lowest BCUT2D eigenvalue weighted by Crippen LogP contribution is -2.46. The summed E-state index contributed by atoms with van der Waals surface area (Å²) in [7, 11) is 1.64. The molecule has 0 radical (unpaired) electrons. The first kappa shape index (κ1) is 14.4. The van der Waals surface area contributed by atoms with Crippen LogP contribution in [0.3, 0.4) is 0 Å². The first-order valence-corrected chi connectivity index (χ1v) is 6.48. The molecule has 1 saturated carbocycles. The fraction of sp³-hybridized carbons (Fsp3) is 0.833. The topological polar surface area (TPSA) is 55.6 Å². The molecule has 2 N–H and O–H groups in total. The van der Waals surface area contributed by atoms with E-state index in [1.807, 2.05) is 4.90 Å². The number of hydrogen-bond donors (Lipinski definition) is 1. The predicted octanol–water partition coefficient (Wildman–Crippen LogP) is 1.18. The molecule has 0 saturated heterocycles. The highest BCUT2D eigenvalue weighted by Crippen LogP contribution is 2.35. The van der Waals surface area contributed by atoms with Crippen molar-refractivity contribution in [2.45, 2.75) is 32.7 Å². The summed E-state index contributed by atoms with van der Waals surface area (Å²) >= 11 is 4.89. The van der Waals surface area contributed by atoms with E-state index in [4.69, 9.17) is 22.7 Å². The number of amides is 1. The van der Waals surface area contributed by atoms with E-state index in [2.05, 4.69) is 6.92 Å². The van der Waals surface area contributed by atoms with Crippen molar-refractivity contribution in [3.63, 3.8) is 0 Å². The Bertz CT molecular complexity index is 292. The zero-order valence-corrected chi connectivity index (χ0v) is 11.6. The molecule has 1 aliphatic carbocycles. The molecule has 0 bridgehead atoms. The van der Waals surface area contributed by atoms with Crippen LogP contribution in [0.4, 0.5) is 0 Å². The maximum Gasteiger partial charge on any atom is 0.232 e. The van der Waals surface area contributed by atoms with Gasteiger partial charge in [-0.2, -0.15) is 0 Å². The second-order valence-corrected chi connectivity index (χ2v) is 5.20. The van der Waals surface area contributed by atoms with Crippen molar-refractivity contribution >= 4 is 23.1 Å². The van der Waals surface area contributed by atoms with Gasteiger partial charge in [0.2, 0.25) is 5.91 Å². The van der Waals surface area contributed by atoms with Gasteiger partial charge in [-0.1, -0.05) is 12.2 Å². The summed E-state index contributed by atoms with van der Waals surface area (Å²) in [5.41, 5.74) is 5.55. The van der Waals surface area contributed by atoms with Gasteiger partial charge in [-0.15, -0.1) is 0 Å². The van der Waals surface area contributed by atoms with Gasteiger partial charge in [-0.05, 0) is 32.6 Å². The Morgan fingerprint density at radius 3 is 2.53 bits per heavy atom. The minimum atomic E-state index is -0.386. The van der Waals surface area contributed by atoms with E-state index in [0.717, 1.165) is 0 Å². The largest absolute Gasteiger partial charge is 0.393 e. The van der Waals surface area contributed by atoms with E-state index in [-0.39, 0.29) is 22.9 Å². The molecule has 2 atom stereocenters. The van der Waals surface area contributed by atoms with Crippen molar-refractivity contribution in [1.29, 1.82) is 0 Å². The smallest absolute Gasteiger partial charge is 0.232 e. The number of carbonyl (C=O) groups is 1. The molecule has 2 unspecified atom stereocenters. The van der Waals surface area contributed by atoms with Crippen molar-refractivity contribution < 1.29 is 9.53 Å². The third-order valence-corrected chi connectivity index (χ3v) is 3.77. The van der Waals surface area contributed by atoms with Gasteiger partial charge in [0.05, 0.1) is 17.5 Å². The minimum absolute atomic E-state index is 0.0222. The van der Waals surface area contributed by atoms with Crippen molar-refractivity contribution in [3.8, 4) is 0 Å². The molecule has 1 fully saturated rings. The molecule has 17 heavy (non-hydrogen) atoms. The second kappa shape index (κ2) is 6.31. The van der Waals surface area contributed by atoms with Crippen LogP contribution in [0.1, 0.15) is 26.7 Å². The van der Waals surface area contributed by atoms with Crippen LogP contribution in [0.25, 0.3) is 0 Å². The molecule has 1 rings (SSSR count). The van der Waals surface area contributed by atoms with Crippen LogP contribution >= 0.6 is 12.2 Å². The lowest BCUT2D eigenvalue weighted by atomic mass is 10.1. The molecular formula is C12H22N2O2S. The Morgan fingerprint density at radius 1 is 1.53 bits per heavy atom. The number of nitrogens with two attached hydrogens (primary N) is 1. The number of thiocarbonyl (C=S) groups is 1. The quantitative estimate of drug-likeness (QED) is 0.697. The highest BCUT2D eigenvalue weighted by molar-refractivity contribution is 7.80. The molecule has 1 aliphatic rings. The zero-order valence-electron chi connectivity index (χ0n) is 10.8. The van der Waals surface area contributed by atoms with Crippen LogP contribution < -0.4 is 5.73 Å². The van der Waals surface area contributed by atoms with Crippen LogP contribution in [-0.4, -0.2) is 42.1 Å². The number of rotatable bonds is 7.